The minimum absolute atomic E-state index is 0.148. The van der Waals surface area contributed by atoms with E-state index in [4.69, 9.17) is 4.74 Å². The SMILES string of the molecule is O=S(=O)(NC1CCN(c2nccc(Oc3ccc(F)cc3)n2)CC1)c1ccccc1. The molecule has 0 radical (unpaired) electrons. The van der Waals surface area contributed by atoms with Gasteiger partial charge in [-0.3, -0.25) is 0 Å². The number of sulfonamides is 1. The smallest absolute Gasteiger partial charge is 0.240 e. The number of aromatic nitrogens is 2. The van der Waals surface area contributed by atoms with Crippen molar-refractivity contribution in [2.75, 3.05) is 18.0 Å². The fourth-order valence-electron chi connectivity index (χ4n) is 3.25. The molecule has 7 nitrogen and oxygen atoms in total. The number of nitrogens with one attached hydrogen (secondary N) is 1. The van der Waals surface area contributed by atoms with Crippen LogP contribution in [0.2, 0.25) is 0 Å². The van der Waals surface area contributed by atoms with E-state index < -0.39 is 10.0 Å². The van der Waals surface area contributed by atoms with Crippen molar-refractivity contribution in [2.24, 2.45) is 0 Å². The quantitative estimate of drug-likeness (QED) is 0.648. The second kappa shape index (κ2) is 8.76. The molecule has 1 fully saturated rings. The molecule has 1 saturated heterocycles. The summed E-state index contributed by atoms with van der Waals surface area (Å²) >= 11 is 0. The maximum absolute atomic E-state index is 13.0. The van der Waals surface area contributed by atoms with Crippen LogP contribution in [0.3, 0.4) is 0 Å². The zero-order chi connectivity index (χ0) is 21.0. The van der Waals surface area contributed by atoms with Crippen LogP contribution in [0.1, 0.15) is 12.8 Å². The molecule has 1 N–H and O–H groups in total. The first-order chi connectivity index (χ1) is 14.5. The van der Waals surface area contributed by atoms with Crippen LogP contribution in [-0.4, -0.2) is 37.5 Å². The number of benzene rings is 2. The van der Waals surface area contributed by atoms with Gasteiger partial charge < -0.3 is 9.64 Å². The van der Waals surface area contributed by atoms with Crippen LogP contribution < -0.4 is 14.4 Å². The van der Waals surface area contributed by atoms with Gasteiger partial charge in [-0.25, -0.2) is 22.5 Å². The maximum Gasteiger partial charge on any atom is 0.240 e. The van der Waals surface area contributed by atoms with Gasteiger partial charge in [0.15, 0.2) is 0 Å². The first-order valence-electron chi connectivity index (χ1n) is 9.58. The summed E-state index contributed by atoms with van der Waals surface area (Å²) in [6.45, 7) is 1.23. The lowest BCUT2D eigenvalue weighted by Crippen LogP contribution is -2.45. The zero-order valence-electron chi connectivity index (χ0n) is 16.1. The Balaban J connectivity index is 1.36. The van der Waals surface area contributed by atoms with E-state index in [1.165, 1.54) is 24.3 Å². The van der Waals surface area contributed by atoms with Crippen molar-refractivity contribution in [3.05, 3.63) is 72.7 Å². The predicted molar refractivity (Wildman–Crippen MR) is 111 cm³/mol. The summed E-state index contributed by atoms with van der Waals surface area (Å²) in [6.07, 6.45) is 2.88. The Hall–Kier alpha value is -3.04. The largest absolute Gasteiger partial charge is 0.439 e. The first-order valence-corrected chi connectivity index (χ1v) is 11.1. The summed E-state index contributed by atoms with van der Waals surface area (Å²) < 4.78 is 46.5. The monoisotopic (exact) mass is 428 g/mol. The van der Waals surface area contributed by atoms with E-state index in [2.05, 4.69) is 14.7 Å². The van der Waals surface area contributed by atoms with Crippen molar-refractivity contribution in [3.8, 4) is 11.6 Å². The number of hydrogen-bond donors (Lipinski definition) is 1. The summed E-state index contributed by atoms with van der Waals surface area (Å²) in [7, 11) is -3.53. The number of piperidine rings is 1. The molecule has 0 atom stereocenters. The Labute approximate surface area is 174 Å². The number of rotatable bonds is 6. The molecule has 3 aromatic rings. The highest BCUT2D eigenvalue weighted by Gasteiger charge is 2.25. The minimum Gasteiger partial charge on any atom is -0.439 e. The minimum atomic E-state index is -3.53. The summed E-state index contributed by atoms with van der Waals surface area (Å²) in [6, 6.07) is 15.5. The number of halogens is 1. The Morgan fingerprint density at radius 1 is 1.00 bits per heavy atom. The average molecular weight is 428 g/mol. The number of ether oxygens (including phenoxy) is 1. The van der Waals surface area contributed by atoms with Gasteiger partial charge in [-0.2, -0.15) is 4.98 Å². The molecule has 2 heterocycles. The number of anilines is 1. The predicted octanol–water partition coefficient (Wildman–Crippen LogP) is 3.36. The van der Waals surface area contributed by atoms with Gasteiger partial charge in [0, 0.05) is 31.4 Å². The van der Waals surface area contributed by atoms with Gasteiger partial charge in [0.2, 0.25) is 21.9 Å². The van der Waals surface area contributed by atoms with Crippen molar-refractivity contribution in [2.45, 2.75) is 23.8 Å². The Bertz CT molecular complexity index is 1090. The molecule has 0 amide bonds. The normalized spacial score (nSPS) is 15.2. The van der Waals surface area contributed by atoms with Crippen molar-refractivity contribution in [1.29, 1.82) is 0 Å². The third-order valence-electron chi connectivity index (χ3n) is 4.81. The lowest BCUT2D eigenvalue weighted by molar-refractivity contribution is 0.445. The summed E-state index contributed by atoms with van der Waals surface area (Å²) in [5.74, 6) is 1.02. The number of hydrogen-bond acceptors (Lipinski definition) is 6. The standard InChI is InChI=1S/C21H21FN4O3S/c22-16-6-8-18(9-7-16)29-20-10-13-23-21(24-20)26-14-11-17(12-15-26)25-30(27,28)19-4-2-1-3-5-19/h1-10,13,17,25H,11-12,14-15H2. The van der Waals surface area contributed by atoms with Crippen molar-refractivity contribution in [1.82, 2.24) is 14.7 Å². The summed E-state index contributed by atoms with van der Waals surface area (Å²) in [5.41, 5.74) is 0. The summed E-state index contributed by atoms with van der Waals surface area (Å²) in [5, 5.41) is 0. The van der Waals surface area contributed by atoms with Gasteiger partial charge in [-0.05, 0) is 49.2 Å². The molecule has 0 unspecified atom stereocenters. The molecule has 1 aliphatic heterocycles. The van der Waals surface area contributed by atoms with Crippen molar-refractivity contribution in [3.63, 3.8) is 0 Å². The Morgan fingerprint density at radius 2 is 1.70 bits per heavy atom. The Morgan fingerprint density at radius 3 is 2.40 bits per heavy atom. The molecular weight excluding hydrogens is 407 g/mol. The molecule has 0 bridgehead atoms. The average Bonchev–Trinajstić information content (AvgIpc) is 2.76. The van der Waals surface area contributed by atoms with E-state index in [-0.39, 0.29) is 16.8 Å². The fourth-order valence-corrected chi connectivity index (χ4v) is 4.58. The van der Waals surface area contributed by atoms with E-state index in [0.29, 0.717) is 43.5 Å². The molecule has 4 rings (SSSR count). The van der Waals surface area contributed by atoms with E-state index in [1.807, 2.05) is 4.90 Å². The lowest BCUT2D eigenvalue weighted by atomic mass is 10.1. The maximum atomic E-state index is 13.0. The molecule has 0 saturated carbocycles. The van der Waals surface area contributed by atoms with Crippen LogP contribution in [0.5, 0.6) is 11.6 Å². The molecule has 1 aromatic heterocycles. The van der Waals surface area contributed by atoms with Crippen molar-refractivity contribution >= 4 is 16.0 Å². The van der Waals surface area contributed by atoms with Gasteiger partial charge in [0.1, 0.15) is 11.6 Å². The zero-order valence-corrected chi connectivity index (χ0v) is 16.9. The van der Waals surface area contributed by atoms with Gasteiger partial charge in [-0.15, -0.1) is 0 Å². The molecule has 0 aliphatic carbocycles. The van der Waals surface area contributed by atoms with Gasteiger partial charge in [-0.1, -0.05) is 18.2 Å². The molecule has 0 spiro atoms. The highest BCUT2D eigenvalue weighted by atomic mass is 32.2. The van der Waals surface area contributed by atoms with Crippen LogP contribution in [0, 0.1) is 5.82 Å². The van der Waals surface area contributed by atoms with Crippen LogP contribution in [0.4, 0.5) is 10.3 Å². The third kappa shape index (κ3) is 4.92. The fraction of sp³-hybridized carbons (Fsp3) is 0.238. The highest BCUT2D eigenvalue weighted by molar-refractivity contribution is 7.89. The van der Waals surface area contributed by atoms with E-state index >= 15 is 0 Å². The summed E-state index contributed by atoms with van der Waals surface area (Å²) in [4.78, 5) is 11.0. The third-order valence-corrected chi connectivity index (χ3v) is 6.34. The van der Waals surface area contributed by atoms with E-state index in [9.17, 15) is 12.8 Å². The molecule has 9 heteroatoms. The van der Waals surface area contributed by atoms with Gasteiger partial charge in [0.05, 0.1) is 4.90 Å². The van der Waals surface area contributed by atoms with Crippen LogP contribution in [0.25, 0.3) is 0 Å². The molecule has 1 aliphatic rings. The first kappa shape index (κ1) is 20.2. The van der Waals surface area contributed by atoms with Gasteiger partial charge >= 0.3 is 0 Å². The second-order valence-corrected chi connectivity index (χ2v) is 8.66. The van der Waals surface area contributed by atoms with Crippen LogP contribution >= 0.6 is 0 Å². The van der Waals surface area contributed by atoms with Crippen LogP contribution in [0.15, 0.2) is 71.8 Å². The second-order valence-electron chi connectivity index (χ2n) is 6.95. The lowest BCUT2D eigenvalue weighted by Gasteiger charge is -2.32. The molecular formula is C21H21FN4O3S. The molecule has 156 valence electrons. The van der Waals surface area contributed by atoms with Crippen LogP contribution in [-0.2, 0) is 10.0 Å². The topological polar surface area (TPSA) is 84.4 Å². The molecule has 30 heavy (non-hydrogen) atoms. The highest BCUT2D eigenvalue weighted by Crippen LogP contribution is 2.23. The number of nitrogens with zero attached hydrogens (tertiary/aromatic N) is 3. The van der Waals surface area contributed by atoms with E-state index in [1.54, 1.807) is 42.6 Å². The van der Waals surface area contributed by atoms with Crippen molar-refractivity contribution < 1.29 is 17.5 Å². The Kier molecular flexibility index (Phi) is 5.91. The van der Waals surface area contributed by atoms with E-state index in [0.717, 1.165) is 0 Å². The van der Waals surface area contributed by atoms with Gasteiger partial charge in [0.25, 0.3) is 0 Å². The molecule has 2 aromatic carbocycles.